The summed E-state index contributed by atoms with van der Waals surface area (Å²) in [5, 5.41) is 3.30. The number of fused-ring (bicyclic) bond motifs is 4. The summed E-state index contributed by atoms with van der Waals surface area (Å²) in [7, 11) is 0. The first-order chi connectivity index (χ1) is 11.3. The SMILES string of the molecule is O=C(c1ccc(O[C@H]2CCNC2)cc1)N1CC2CCC(CC2)C1. The summed E-state index contributed by atoms with van der Waals surface area (Å²) in [4.78, 5) is 14.9. The largest absolute Gasteiger partial charge is 0.489 e. The molecular formula is C19H26N2O2. The molecule has 3 heterocycles. The maximum absolute atomic E-state index is 12.8. The molecule has 0 aromatic heterocycles. The van der Waals surface area contributed by atoms with Crippen LogP contribution in [0.5, 0.6) is 5.75 Å². The molecule has 1 aromatic rings. The molecule has 4 fully saturated rings. The Hall–Kier alpha value is -1.55. The van der Waals surface area contributed by atoms with Crippen molar-refractivity contribution in [2.24, 2.45) is 11.8 Å². The summed E-state index contributed by atoms with van der Waals surface area (Å²) in [5.41, 5.74) is 0.795. The Morgan fingerprint density at radius 1 is 1.00 bits per heavy atom. The van der Waals surface area contributed by atoms with Crippen LogP contribution in [0.3, 0.4) is 0 Å². The first-order valence-corrected chi connectivity index (χ1v) is 9.04. The van der Waals surface area contributed by atoms with E-state index in [1.165, 1.54) is 25.7 Å². The molecule has 1 atom stereocenters. The van der Waals surface area contributed by atoms with Gasteiger partial charge in [-0.3, -0.25) is 4.79 Å². The molecule has 4 nitrogen and oxygen atoms in total. The monoisotopic (exact) mass is 314 g/mol. The normalized spacial score (nSPS) is 30.3. The van der Waals surface area contributed by atoms with Crippen LogP contribution in [0.15, 0.2) is 24.3 Å². The molecule has 1 aliphatic carbocycles. The van der Waals surface area contributed by atoms with Crippen LogP contribution in [-0.2, 0) is 0 Å². The van der Waals surface area contributed by atoms with E-state index in [1.807, 2.05) is 24.3 Å². The van der Waals surface area contributed by atoms with Crippen molar-refractivity contribution >= 4 is 5.91 Å². The van der Waals surface area contributed by atoms with E-state index < -0.39 is 0 Å². The second kappa shape index (κ2) is 6.52. The van der Waals surface area contributed by atoms with Gasteiger partial charge < -0.3 is 15.0 Å². The predicted octanol–water partition coefficient (Wildman–Crippen LogP) is 2.69. The molecule has 0 radical (unpaired) electrons. The fourth-order valence-electron chi connectivity index (χ4n) is 4.24. The van der Waals surface area contributed by atoms with Gasteiger partial charge in [-0.05, 0) is 74.8 Å². The van der Waals surface area contributed by atoms with Gasteiger partial charge in [0.15, 0.2) is 0 Å². The number of benzene rings is 1. The molecule has 124 valence electrons. The smallest absolute Gasteiger partial charge is 0.253 e. The van der Waals surface area contributed by atoms with Crippen LogP contribution in [0, 0.1) is 11.8 Å². The van der Waals surface area contributed by atoms with Crippen molar-refractivity contribution in [3.05, 3.63) is 29.8 Å². The number of ether oxygens (including phenoxy) is 1. The Labute approximate surface area is 138 Å². The maximum atomic E-state index is 12.8. The third-order valence-electron chi connectivity index (χ3n) is 5.63. The van der Waals surface area contributed by atoms with Gasteiger partial charge >= 0.3 is 0 Å². The highest BCUT2D eigenvalue weighted by atomic mass is 16.5. The van der Waals surface area contributed by atoms with E-state index in [4.69, 9.17) is 4.74 Å². The summed E-state index contributed by atoms with van der Waals surface area (Å²) < 4.78 is 5.93. The van der Waals surface area contributed by atoms with Crippen molar-refractivity contribution in [2.75, 3.05) is 26.2 Å². The van der Waals surface area contributed by atoms with Crippen molar-refractivity contribution in [1.82, 2.24) is 10.2 Å². The highest BCUT2D eigenvalue weighted by Crippen LogP contribution is 2.34. The Balaban J connectivity index is 1.41. The van der Waals surface area contributed by atoms with Crippen molar-refractivity contribution in [3.8, 4) is 5.75 Å². The lowest BCUT2D eigenvalue weighted by atomic mass is 9.84. The standard InChI is InChI=1S/C19H26N2O2/c22-19(21-12-14-1-2-15(13-21)4-3-14)16-5-7-17(8-6-16)23-18-9-10-20-11-18/h5-8,14-15,18,20H,1-4,9-13H2/t14?,15?,18-/m0/s1. The van der Waals surface area contributed by atoms with Crippen molar-refractivity contribution in [1.29, 1.82) is 0 Å². The molecule has 1 aromatic carbocycles. The molecule has 4 aliphatic rings. The van der Waals surface area contributed by atoms with Crippen LogP contribution in [0.2, 0.25) is 0 Å². The third kappa shape index (κ3) is 3.37. The van der Waals surface area contributed by atoms with Crippen LogP contribution < -0.4 is 10.1 Å². The van der Waals surface area contributed by atoms with Crippen molar-refractivity contribution in [2.45, 2.75) is 38.2 Å². The molecule has 3 aliphatic heterocycles. The second-order valence-corrected chi connectivity index (χ2v) is 7.35. The molecule has 3 saturated heterocycles. The Kier molecular flexibility index (Phi) is 4.25. The van der Waals surface area contributed by atoms with E-state index in [0.29, 0.717) is 0 Å². The second-order valence-electron chi connectivity index (χ2n) is 7.35. The van der Waals surface area contributed by atoms with Gasteiger partial charge in [-0.2, -0.15) is 0 Å². The number of amides is 1. The Bertz CT molecular complexity index is 529. The minimum Gasteiger partial charge on any atom is -0.489 e. The minimum absolute atomic E-state index is 0.192. The molecule has 2 bridgehead atoms. The topological polar surface area (TPSA) is 41.6 Å². The van der Waals surface area contributed by atoms with Crippen molar-refractivity contribution < 1.29 is 9.53 Å². The number of nitrogens with one attached hydrogen (secondary N) is 1. The van der Waals surface area contributed by atoms with E-state index in [-0.39, 0.29) is 12.0 Å². The number of carbonyl (C=O) groups is 1. The van der Waals surface area contributed by atoms with E-state index >= 15 is 0 Å². The first kappa shape index (κ1) is 15.0. The molecule has 1 N–H and O–H groups in total. The Morgan fingerprint density at radius 2 is 1.65 bits per heavy atom. The lowest BCUT2D eigenvalue weighted by Crippen LogP contribution is -2.34. The zero-order valence-corrected chi connectivity index (χ0v) is 13.7. The van der Waals surface area contributed by atoms with E-state index in [9.17, 15) is 4.79 Å². The quantitative estimate of drug-likeness (QED) is 0.932. The number of rotatable bonds is 3. The molecule has 1 amide bonds. The maximum Gasteiger partial charge on any atom is 0.253 e. The van der Waals surface area contributed by atoms with E-state index in [2.05, 4.69) is 10.2 Å². The van der Waals surface area contributed by atoms with Gasteiger partial charge in [0, 0.05) is 25.2 Å². The van der Waals surface area contributed by atoms with Crippen LogP contribution in [-0.4, -0.2) is 43.1 Å². The molecule has 23 heavy (non-hydrogen) atoms. The van der Waals surface area contributed by atoms with Crippen molar-refractivity contribution in [3.63, 3.8) is 0 Å². The number of hydrogen-bond donors (Lipinski definition) is 1. The summed E-state index contributed by atoms with van der Waals surface area (Å²) in [6, 6.07) is 7.73. The highest BCUT2D eigenvalue weighted by Gasteiger charge is 2.31. The molecule has 4 heteroatoms. The highest BCUT2D eigenvalue weighted by molar-refractivity contribution is 5.94. The summed E-state index contributed by atoms with van der Waals surface area (Å²) in [6.45, 7) is 3.83. The molecule has 5 rings (SSSR count). The van der Waals surface area contributed by atoms with Gasteiger partial charge in [0.05, 0.1) is 0 Å². The van der Waals surface area contributed by atoms with E-state index in [0.717, 1.165) is 55.7 Å². The lowest BCUT2D eigenvalue weighted by molar-refractivity contribution is 0.0739. The average molecular weight is 314 g/mol. The molecule has 0 spiro atoms. The average Bonchev–Trinajstić information content (AvgIpc) is 2.91. The van der Waals surface area contributed by atoms with Crippen LogP contribution in [0.1, 0.15) is 42.5 Å². The van der Waals surface area contributed by atoms with Gasteiger partial charge in [-0.1, -0.05) is 0 Å². The van der Waals surface area contributed by atoms with Crippen LogP contribution in [0.4, 0.5) is 0 Å². The van der Waals surface area contributed by atoms with Gasteiger partial charge in [0.25, 0.3) is 5.91 Å². The number of hydrogen-bond acceptors (Lipinski definition) is 3. The fourth-order valence-corrected chi connectivity index (χ4v) is 4.24. The summed E-state index contributed by atoms with van der Waals surface area (Å²) in [6.07, 6.45) is 6.52. The first-order valence-electron chi connectivity index (χ1n) is 9.04. The zero-order chi connectivity index (χ0) is 15.6. The van der Waals surface area contributed by atoms with Crippen LogP contribution >= 0.6 is 0 Å². The minimum atomic E-state index is 0.192. The van der Waals surface area contributed by atoms with Gasteiger partial charge in [0.2, 0.25) is 0 Å². The third-order valence-corrected chi connectivity index (χ3v) is 5.63. The summed E-state index contributed by atoms with van der Waals surface area (Å²) >= 11 is 0. The van der Waals surface area contributed by atoms with Gasteiger partial charge in [-0.15, -0.1) is 0 Å². The van der Waals surface area contributed by atoms with Gasteiger partial charge in [-0.25, -0.2) is 0 Å². The van der Waals surface area contributed by atoms with Crippen LogP contribution in [0.25, 0.3) is 0 Å². The van der Waals surface area contributed by atoms with E-state index in [1.54, 1.807) is 0 Å². The molecule has 0 unspecified atom stereocenters. The number of nitrogens with zero attached hydrogens (tertiary/aromatic N) is 1. The number of carbonyl (C=O) groups excluding carboxylic acids is 1. The fraction of sp³-hybridized carbons (Fsp3) is 0.632. The molecule has 1 saturated carbocycles. The Morgan fingerprint density at radius 3 is 2.22 bits per heavy atom. The zero-order valence-electron chi connectivity index (χ0n) is 13.7. The van der Waals surface area contributed by atoms with Gasteiger partial charge in [0.1, 0.15) is 11.9 Å². The predicted molar refractivity (Wildman–Crippen MR) is 89.7 cm³/mol. The molecular weight excluding hydrogens is 288 g/mol. The summed E-state index contributed by atoms with van der Waals surface area (Å²) in [5.74, 6) is 2.49. The lowest BCUT2D eigenvalue weighted by Gasteiger charge is -2.23.